The van der Waals surface area contributed by atoms with Gasteiger partial charge in [0.15, 0.2) is 19.6 Å². The lowest BCUT2D eigenvalue weighted by atomic mass is 10.1. The third-order valence-electron chi connectivity index (χ3n) is 14.3. The van der Waals surface area contributed by atoms with Gasteiger partial charge in [0.25, 0.3) is 0 Å². The molecule has 0 N–H and O–H groups in total. The highest BCUT2D eigenvalue weighted by Crippen LogP contribution is 2.16. The molecule has 0 heterocycles. The van der Waals surface area contributed by atoms with Gasteiger partial charge >= 0.3 is 17.9 Å². The second kappa shape index (κ2) is 46.4. The van der Waals surface area contributed by atoms with E-state index in [1.54, 1.807) is 0 Å². The Labute approximate surface area is 424 Å². The Morgan fingerprint density at radius 2 is 0.471 bits per heavy atom. The van der Waals surface area contributed by atoms with E-state index in [-0.39, 0.29) is 17.9 Å². The lowest BCUT2D eigenvalue weighted by molar-refractivity contribution is -0.921. The molecule has 9 heteroatoms. The van der Waals surface area contributed by atoms with Crippen molar-refractivity contribution in [1.29, 1.82) is 0 Å². The monoisotopic (exact) mass is 967 g/mol. The number of quaternary nitrogens is 3. The Bertz CT molecular complexity index is 1080. The summed E-state index contributed by atoms with van der Waals surface area (Å²) in [6, 6.07) is 0. The molecule has 0 aromatic heterocycles. The number of hydrogen-bond acceptors (Lipinski definition) is 6. The van der Waals surface area contributed by atoms with Crippen LogP contribution in [0.3, 0.4) is 0 Å². The highest BCUT2D eigenvalue weighted by molar-refractivity contribution is 5.71. The first kappa shape index (κ1) is 66.3. The van der Waals surface area contributed by atoms with Gasteiger partial charge in [-0.2, -0.15) is 0 Å². The number of esters is 3. The van der Waals surface area contributed by atoms with Gasteiger partial charge in [0.1, 0.15) is 0 Å². The molecule has 0 aliphatic heterocycles. The molecule has 0 radical (unpaired) electrons. The molecule has 0 aliphatic carbocycles. The smallest absolute Gasteiger partial charge is 0.361 e. The fourth-order valence-electron chi connectivity index (χ4n) is 9.72. The molecule has 0 atom stereocenters. The topological polar surface area (TPSA) is 78.9 Å². The molecule has 0 aromatic rings. The molecule has 0 saturated carbocycles. The number of nitrogens with zero attached hydrogens (tertiary/aromatic N) is 3. The van der Waals surface area contributed by atoms with Crippen LogP contribution in [0.5, 0.6) is 0 Å². The largest absolute Gasteiger partial charge is 0.462 e. The van der Waals surface area contributed by atoms with Crippen LogP contribution in [0.2, 0.25) is 0 Å². The summed E-state index contributed by atoms with van der Waals surface area (Å²) in [5, 5.41) is 0. The SMILES string of the molecule is CCCCCCCCCCCCCCOC(=O)C[N+](C)(C)CCC[N+](C)(CCC[N+](C)(C)CC(=O)OCCCCCCCCCCCCCC)CC(=O)OCCCCCCCCCCCCCC. The lowest BCUT2D eigenvalue weighted by Gasteiger charge is -2.36. The van der Waals surface area contributed by atoms with E-state index in [1.165, 1.54) is 193 Å². The molecule has 0 aliphatic rings. The van der Waals surface area contributed by atoms with Crippen LogP contribution < -0.4 is 0 Å². The van der Waals surface area contributed by atoms with Gasteiger partial charge in [0, 0.05) is 12.8 Å². The number of likely N-dealkylation sites (N-methyl/N-ethyl adjacent to an activating group) is 3. The van der Waals surface area contributed by atoms with E-state index in [1.807, 2.05) is 0 Å². The van der Waals surface area contributed by atoms with Crippen molar-refractivity contribution < 1.29 is 42.0 Å². The summed E-state index contributed by atoms with van der Waals surface area (Å²) < 4.78 is 18.9. The van der Waals surface area contributed by atoms with Crippen molar-refractivity contribution in [3.8, 4) is 0 Å². The maximum absolute atomic E-state index is 13.3. The standard InChI is InChI=1S/C59H120N3O6/c1-9-12-15-18-21-24-27-30-33-36-39-42-51-66-57(63)54-60(4,5)47-45-49-62(8,56-59(65)68-53-44-41-38-35-32-29-26-23-20-17-14-11-3)50-46-48-61(6,7)55-58(64)67-52-43-40-37-34-31-28-25-22-19-16-13-10-2/h9-56H2,1-8H3/q+3. The molecule has 9 nitrogen and oxygen atoms in total. The van der Waals surface area contributed by atoms with E-state index in [2.05, 4.69) is 56.0 Å². The van der Waals surface area contributed by atoms with Crippen molar-refractivity contribution in [3.05, 3.63) is 0 Å². The van der Waals surface area contributed by atoms with E-state index >= 15 is 0 Å². The van der Waals surface area contributed by atoms with E-state index in [9.17, 15) is 14.4 Å². The minimum atomic E-state index is -0.124. The molecule has 68 heavy (non-hydrogen) atoms. The van der Waals surface area contributed by atoms with Crippen molar-refractivity contribution in [2.75, 3.05) is 101 Å². The average molecular weight is 968 g/mol. The van der Waals surface area contributed by atoms with Crippen LogP contribution in [0.15, 0.2) is 0 Å². The molecule has 0 unspecified atom stereocenters. The zero-order valence-corrected chi connectivity index (χ0v) is 47.2. The van der Waals surface area contributed by atoms with Crippen molar-refractivity contribution in [1.82, 2.24) is 0 Å². The fraction of sp³-hybridized carbons (Fsp3) is 0.949. The number of carbonyl (C=O) groups is 3. The Morgan fingerprint density at radius 3 is 0.706 bits per heavy atom. The first-order chi connectivity index (χ1) is 32.8. The summed E-state index contributed by atoms with van der Waals surface area (Å²) >= 11 is 0. The lowest BCUT2D eigenvalue weighted by Crippen LogP contribution is -2.53. The zero-order chi connectivity index (χ0) is 50.3. The normalized spacial score (nSPS) is 12.2. The van der Waals surface area contributed by atoms with Crippen LogP contribution in [0.25, 0.3) is 0 Å². The minimum absolute atomic E-state index is 0.121. The minimum Gasteiger partial charge on any atom is -0.462 e. The van der Waals surface area contributed by atoms with E-state index in [0.717, 1.165) is 77.5 Å². The van der Waals surface area contributed by atoms with Crippen LogP contribution >= 0.6 is 0 Å². The van der Waals surface area contributed by atoms with Gasteiger partial charge in [0.2, 0.25) is 0 Å². The summed E-state index contributed by atoms with van der Waals surface area (Å²) in [6.45, 7) is 12.7. The highest BCUT2D eigenvalue weighted by atomic mass is 16.5. The average Bonchev–Trinajstić information content (AvgIpc) is 3.27. The van der Waals surface area contributed by atoms with Gasteiger partial charge in [0.05, 0.1) is 81.2 Å². The van der Waals surface area contributed by atoms with Gasteiger partial charge in [-0.05, 0) is 19.3 Å². The third kappa shape index (κ3) is 46.7. The van der Waals surface area contributed by atoms with Crippen LogP contribution in [-0.4, -0.2) is 132 Å². The molecular weight excluding hydrogens is 847 g/mol. The van der Waals surface area contributed by atoms with Crippen molar-refractivity contribution in [3.63, 3.8) is 0 Å². The van der Waals surface area contributed by atoms with E-state index in [4.69, 9.17) is 14.2 Å². The summed E-state index contributed by atoms with van der Waals surface area (Å²) in [7, 11) is 10.6. The summed E-state index contributed by atoms with van der Waals surface area (Å²) in [5.41, 5.74) is 0. The Balaban J connectivity index is 4.79. The molecule has 0 aromatic carbocycles. The summed E-state index contributed by atoms with van der Waals surface area (Å²) in [5.74, 6) is -0.366. The first-order valence-corrected chi connectivity index (χ1v) is 29.7. The van der Waals surface area contributed by atoms with Crippen molar-refractivity contribution in [2.45, 2.75) is 265 Å². The molecule has 0 fully saturated rings. The van der Waals surface area contributed by atoms with Gasteiger partial charge < -0.3 is 27.7 Å². The predicted octanol–water partition coefficient (Wildman–Crippen LogP) is 15.1. The van der Waals surface area contributed by atoms with Crippen molar-refractivity contribution in [2.24, 2.45) is 0 Å². The molecule has 0 rings (SSSR count). The Hall–Kier alpha value is -1.71. The summed E-state index contributed by atoms with van der Waals surface area (Å²) in [4.78, 5) is 39.1. The number of ether oxygens (including phenoxy) is 3. The number of unbranched alkanes of at least 4 members (excludes halogenated alkanes) is 33. The molecule has 404 valence electrons. The number of rotatable bonds is 53. The fourth-order valence-corrected chi connectivity index (χ4v) is 9.72. The Morgan fingerprint density at radius 1 is 0.265 bits per heavy atom. The Kier molecular flexibility index (Phi) is 45.2. The highest BCUT2D eigenvalue weighted by Gasteiger charge is 2.30. The quantitative estimate of drug-likeness (QED) is 0.0262. The van der Waals surface area contributed by atoms with Crippen LogP contribution in [-0.2, 0) is 28.6 Å². The van der Waals surface area contributed by atoms with Gasteiger partial charge in [-0.25, -0.2) is 14.4 Å². The second-order valence-corrected chi connectivity index (χ2v) is 22.9. The number of carbonyl (C=O) groups excluding carboxylic acids is 3. The van der Waals surface area contributed by atoms with E-state index < -0.39 is 0 Å². The number of hydrogen-bond donors (Lipinski definition) is 0. The van der Waals surface area contributed by atoms with Gasteiger partial charge in [-0.1, -0.05) is 233 Å². The maximum atomic E-state index is 13.3. The molecule has 0 bridgehead atoms. The molecule has 0 saturated heterocycles. The zero-order valence-electron chi connectivity index (χ0n) is 47.2. The summed E-state index contributed by atoms with van der Waals surface area (Å²) in [6.07, 6.45) is 48.1. The van der Waals surface area contributed by atoms with Crippen LogP contribution in [0.1, 0.15) is 265 Å². The van der Waals surface area contributed by atoms with E-state index in [0.29, 0.717) is 52.9 Å². The second-order valence-electron chi connectivity index (χ2n) is 22.9. The first-order valence-electron chi connectivity index (χ1n) is 29.7. The molecular formula is C59H120N3O6+3. The van der Waals surface area contributed by atoms with Gasteiger partial charge in [-0.3, -0.25) is 0 Å². The maximum Gasteiger partial charge on any atom is 0.361 e. The van der Waals surface area contributed by atoms with Gasteiger partial charge in [-0.15, -0.1) is 0 Å². The van der Waals surface area contributed by atoms with Crippen LogP contribution in [0, 0.1) is 0 Å². The van der Waals surface area contributed by atoms with Crippen LogP contribution in [0.4, 0.5) is 0 Å². The third-order valence-corrected chi connectivity index (χ3v) is 14.3. The van der Waals surface area contributed by atoms with Crippen molar-refractivity contribution >= 4 is 17.9 Å². The predicted molar refractivity (Wildman–Crippen MR) is 290 cm³/mol. The molecule has 0 spiro atoms. The molecule has 0 amide bonds.